The second-order valence-corrected chi connectivity index (χ2v) is 3.58. The summed E-state index contributed by atoms with van der Waals surface area (Å²) in [6, 6.07) is 0. The first kappa shape index (κ1) is 8.47. The summed E-state index contributed by atoms with van der Waals surface area (Å²) in [7, 11) is 0. The second-order valence-electron chi connectivity index (χ2n) is 2.52. The largest absolute Gasteiger partial charge is 0.225 e. The molecule has 1 nitrogen and oxygen atoms in total. The molecule has 0 fully saturated rings. The van der Waals surface area contributed by atoms with Crippen LogP contribution < -0.4 is 4.57 Å². The van der Waals surface area contributed by atoms with Gasteiger partial charge in [0.25, 0.3) is 0 Å². The fourth-order valence-electron chi connectivity index (χ4n) is 1.22. The quantitative estimate of drug-likeness (QED) is 0.480. The van der Waals surface area contributed by atoms with Gasteiger partial charge in [-0.2, -0.15) is 4.57 Å². The minimum atomic E-state index is 0.938. The molecule has 0 unspecified atom stereocenters. The van der Waals surface area contributed by atoms with Crippen LogP contribution in [0.1, 0.15) is 17.5 Å². The molecule has 0 aliphatic heterocycles. The summed E-state index contributed by atoms with van der Waals surface area (Å²) in [6.07, 6.45) is 3.05. The van der Waals surface area contributed by atoms with Gasteiger partial charge in [-0.1, -0.05) is 24.8 Å². The van der Waals surface area contributed by atoms with Crippen LogP contribution in [0, 0.1) is 6.92 Å². The molecular weight excluding hydrogens is 154 g/mol. The molecule has 0 aliphatic carbocycles. The van der Waals surface area contributed by atoms with Gasteiger partial charge in [-0.05, 0) is 13.0 Å². The molecule has 0 saturated heterocycles. The Bertz CT molecular complexity index is 250. The van der Waals surface area contributed by atoms with Gasteiger partial charge in [0.05, 0.1) is 4.88 Å². The van der Waals surface area contributed by atoms with Crippen LogP contribution >= 0.6 is 11.3 Å². The lowest BCUT2D eigenvalue weighted by molar-refractivity contribution is -0.689. The molecule has 0 aromatic carbocycles. The van der Waals surface area contributed by atoms with E-state index in [1.54, 1.807) is 0 Å². The zero-order valence-corrected chi connectivity index (χ0v) is 7.95. The number of nitrogens with zero attached hydrogens (tertiary/aromatic N) is 1. The van der Waals surface area contributed by atoms with Crippen LogP contribution in [0.15, 0.2) is 18.2 Å². The van der Waals surface area contributed by atoms with Gasteiger partial charge in [-0.25, -0.2) is 0 Å². The molecule has 60 valence electrons. The summed E-state index contributed by atoms with van der Waals surface area (Å²) in [5, 5.41) is 0. The zero-order valence-electron chi connectivity index (χ0n) is 7.13. The normalized spacial score (nSPS) is 10.0. The Morgan fingerprint density at radius 1 is 1.73 bits per heavy atom. The smallest absolute Gasteiger partial charge is 0.189 e. The number of thiazole rings is 1. The first-order valence-corrected chi connectivity index (χ1v) is 4.74. The van der Waals surface area contributed by atoms with E-state index in [0.29, 0.717) is 0 Å². The van der Waals surface area contributed by atoms with Gasteiger partial charge in [0.2, 0.25) is 5.51 Å². The van der Waals surface area contributed by atoms with Crippen molar-refractivity contribution in [2.24, 2.45) is 0 Å². The highest BCUT2D eigenvalue weighted by Crippen LogP contribution is 2.09. The highest BCUT2D eigenvalue weighted by Gasteiger charge is 2.12. The maximum Gasteiger partial charge on any atom is 0.225 e. The summed E-state index contributed by atoms with van der Waals surface area (Å²) in [4.78, 5) is 1.43. The first-order chi connectivity index (χ1) is 5.29. The minimum absolute atomic E-state index is 0.938. The fourth-order valence-corrected chi connectivity index (χ4v) is 2.12. The van der Waals surface area contributed by atoms with Gasteiger partial charge in [-0.3, -0.25) is 0 Å². The maximum atomic E-state index is 3.72. The average Bonchev–Trinajstić information content (AvgIpc) is 2.33. The summed E-state index contributed by atoms with van der Waals surface area (Å²) in [5.74, 6) is 0. The third-order valence-electron chi connectivity index (χ3n) is 1.77. The van der Waals surface area contributed by atoms with E-state index in [-0.39, 0.29) is 0 Å². The van der Waals surface area contributed by atoms with Crippen LogP contribution in [0.5, 0.6) is 0 Å². The molecule has 2 heteroatoms. The molecule has 1 aromatic heterocycles. The molecule has 0 saturated carbocycles. The van der Waals surface area contributed by atoms with E-state index in [4.69, 9.17) is 0 Å². The van der Waals surface area contributed by atoms with Crippen LogP contribution in [-0.4, -0.2) is 0 Å². The second kappa shape index (κ2) is 3.67. The van der Waals surface area contributed by atoms with Crippen molar-refractivity contribution >= 4 is 11.3 Å². The standard InChI is InChI=1S/C9H14NS/c1-4-6-10-7-11-8(3)9(10)5-2/h4,7H,1,5-6H2,2-3H3/q+1. The number of rotatable bonds is 3. The Morgan fingerprint density at radius 3 is 3.00 bits per heavy atom. The zero-order chi connectivity index (χ0) is 8.27. The highest BCUT2D eigenvalue weighted by molar-refractivity contribution is 7.09. The molecule has 0 radical (unpaired) electrons. The fraction of sp³-hybridized carbons (Fsp3) is 0.444. The predicted molar refractivity (Wildman–Crippen MR) is 48.8 cm³/mol. The van der Waals surface area contributed by atoms with E-state index in [2.05, 4.69) is 30.5 Å². The number of allylic oxidation sites excluding steroid dienone is 1. The van der Waals surface area contributed by atoms with Gasteiger partial charge in [-0.15, -0.1) is 0 Å². The van der Waals surface area contributed by atoms with E-state index in [1.165, 1.54) is 10.6 Å². The lowest BCUT2D eigenvalue weighted by atomic mass is 10.3. The predicted octanol–water partition coefficient (Wildman–Crippen LogP) is 2.09. The average molecular weight is 168 g/mol. The van der Waals surface area contributed by atoms with Gasteiger partial charge in [0.1, 0.15) is 0 Å². The van der Waals surface area contributed by atoms with Gasteiger partial charge < -0.3 is 0 Å². The maximum absolute atomic E-state index is 3.72. The summed E-state index contributed by atoms with van der Waals surface area (Å²) >= 11 is 1.81. The summed E-state index contributed by atoms with van der Waals surface area (Å²) in [5.41, 5.74) is 3.60. The number of aromatic nitrogens is 1. The molecular formula is C9H14NS+. The number of hydrogen-bond donors (Lipinski definition) is 0. The highest BCUT2D eigenvalue weighted by atomic mass is 32.1. The van der Waals surface area contributed by atoms with Crippen molar-refractivity contribution < 1.29 is 4.57 Å². The van der Waals surface area contributed by atoms with Crippen molar-refractivity contribution in [1.82, 2.24) is 0 Å². The van der Waals surface area contributed by atoms with Gasteiger partial charge >= 0.3 is 0 Å². The van der Waals surface area contributed by atoms with Crippen molar-refractivity contribution in [1.29, 1.82) is 0 Å². The molecule has 11 heavy (non-hydrogen) atoms. The van der Waals surface area contributed by atoms with E-state index in [0.717, 1.165) is 13.0 Å². The minimum Gasteiger partial charge on any atom is -0.189 e. The third-order valence-corrected chi connectivity index (χ3v) is 2.72. The Kier molecular flexibility index (Phi) is 2.83. The molecule has 1 aromatic rings. The van der Waals surface area contributed by atoms with E-state index < -0.39 is 0 Å². The Labute approximate surface area is 72.0 Å². The van der Waals surface area contributed by atoms with E-state index >= 15 is 0 Å². The van der Waals surface area contributed by atoms with Crippen LogP contribution in [0.25, 0.3) is 0 Å². The van der Waals surface area contributed by atoms with Crippen LogP contribution in [0.3, 0.4) is 0 Å². The van der Waals surface area contributed by atoms with E-state index in [9.17, 15) is 0 Å². The van der Waals surface area contributed by atoms with Crippen molar-refractivity contribution in [3.05, 3.63) is 28.7 Å². The molecule has 1 heterocycles. The molecule has 0 amide bonds. The molecule has 0 bridgehead atoms. The molecule has 0 N–H and O–H groups in total. The van der Waals surface area contributed by atoms with Gasteiger partial charge in [0, 0.05) is 6.42 Å². The molecule has 0 spiro atoms. The Hall–Kier alpha value is -0.630. The van der Waals surface area contributed by atoms with Crippen LogP contribution in [0.4, 0.5) is 0 Å². The van der Waals surface area contributed by atoms with Crippen LogP contribution in [-0.2, 0) is 13.0 Å². The first-order valence-electron chi connectivity index (χ1n) is 3.87. The molecule has 0 atom stereocenters. The number of hydrogen-bond acceptors (Lipinski definition) is 1. The summed E-state index contributed by atoms with van der Waals surface area (Å²) in [6.45, 7) is 9.02. The lowest BCUT2D eigenvalue weighted by Gasteiger charge is -1.91. The topological polar surface area (TPSA) is 3.88 Å². The van der Waals surface area contributed by atoms with Crippen molar-refractivity contribution in [2.45, 2.75) is 26.8 Å². The lowest BCUT2D eigenvalue weighted by Crippen LogP contribution is -2.34. The summed E-state index contributed by atoms with van der Waals surface area (Å²) < 4.78 is 2.26. The number of aryl methyl sites for hydroxylation is 1. The SMILES string of the molecule is C=CC[n+]1csc(C)c1CC. The van der Waals surface area contributed by atoms with Crippen molar-refractivity contribution in [3.8, 4) is 0 Å². The molecule has 1 rings (SSSR count). The molecule has 0 aliphatic rings. The Morgan fingerprint density at radius 2 is 2.45 bits per heavy atom. The third kappa shape index (κ3) is 1.69. The van der Waals surface area contributed by atoms with Gasteiger partial charge in [0.15, 0.2) is 12.2 Å². The van der Waals surface area contributed by atoms with Crippen molar-refractivity contribution in [3.63, 3.8) is 0 Å². The van der Waals surface area contributed by atoms with Crippen LogP contribution in [0.2, 0.25) is 0 Å². The Balaban J connectivity index is 2.95. The monoisotopic (exact) mass is 168 g/mol. The van der Waals surface area contributed by atoms with E-state index in [1.807, 2.05) is 17.4 Å². The van der Waals surface area contributed by atoms with Crippen molar-refractivity contribution in [2.75, 3.05) is 0 Å².